The highest BCUT2D eigenvalue weighted by molar-refractivity contribution is 5.98. The van der Waals surface area contributed by atoms with Gasteiger partial charge < -0.3 is 26.0 Å². The van der Waals surface area contributed by atoms with Crippen LogP contribution in [0.4, 0.5) is 5.69 Å². The topological polar surface area (TPSA) is 96.7 Å². The first-order valence-electron chi connectivity index (χ1n) is 8.17. The van der Waals surface area contributed by atoms with Crippen LogP contribution < -0.4 is 16.4 Å². The number of carbonyl (C=O) groups is 2. The van der Waals surface area contributed by atoms with E-state index >= 15 is 0 Å². The molecule has 0 bridgehead atoms. The number of rotatable bonds is 10. The van der Waals surface area contributed by atoms with E-state index < -0.39 is 6.04 Å². The van der Waals surface area contributed by atoms with Crippen molar-refractivity contribution in [1.29, 1.82) is 0 Å². The SMILES string of the molecule is CCN(CC)CCNC(=O)c1cccc(NC(=O)C(N)COC)c1. The molecule has 7 nitrogen and oxygen atoms in total. The Morgan fingerprint density at radius 1 is 1.29 bits per heavy atom. The van der Waals surface area contributed by atoms with Gasteiger partial charge in [0, 0.05) is 31.5 Å². The monoisotopic (exact) mass is 336 g/mol. The predicted molar refractivity (Wildman–Crippen MR) is 95.0 cm³/mol. The molecular formula is C17H28N4O3. The molecule has 1 rings (SSSR count). The van der Waals surface area contributed by atoms with Gasteiger partial charge in [-0.1, -0.05) is 19.9 Å². The average Bonchev–Trinajstić information content (AvgIpc) is 2.59. The zero-order chi connectivity index (χ0) is 17.9. The molecule has 0 aliphatic carbocycles. The van der Waals surface area contributed by atoms with Crippen LogP contribution in [0.3, 0.4) is 0 Å². The fourth-order valence-corrected chi connectivity index (χ4v) is 2.20. The third-order valence-electron chi connectivity index (χ3n) is 3.68. The lowest BCUT2D eigenvalue weighted by Crippen LogP contribution is -2.39. The molecule has 0 radical (unpaired) electrons. The zero-order valence-electron chi connectivity index (χ0n) is 14.7. The van der Waals surface area contributed by atoms with Gasteiger partial charge in [-0.15, -0.1) is 0 Å². The molecule has 0 fully saturated rings. The minimum absolute atomic E-state index is 0.136. The van der Waals surface area contributed by atoms with E-state index in [1.165, 1.54) is 7.11 Å². The van der Waals surface area contributed by atoms with Gasteiger partial charge in [0.2, 0.25) is 5.91 Å². The standard InChI is InChI=1S/C17H28N4O3/c1-4-21(5-2)10-9-19-16(22)13-7-6-8-14(11-13)20-17(23)15(18)12-24-3/h6-8,11,15H,4-5,9-10,12,18H2,1-3H3,(H,19,22)(H,20,23). The van der Waals surface area contributed by atoms with Crippen molar-refractivity contribution in [2.75, 3.05) is 45.2 Å². The van der Waals surface area contributed by atoms with E-state index in [-0.39, 0.29) is 18.4 Å². The maximum atomic E-state index is 12.2. The maximum Gasteiger partial charge on any atom is 0.251 e. The number of amides is 2. The number of nitrogens with zero attached hydrogens (tertiary/aromatic N) is 1. The fraction of sp³-hybridized carbons (Fsp3) is 0.529. The van der Waals surface area contributed by atoms with E-state index in [4.69, 9.17) is 10.5 Å². The van der Waals surface area contributed by atoms with Crippen LogP contribution in [-0.4, -0.2) is 62.7 Å². The molecular weight excluding hydrogens is 308 g/mol. The Morgan fingerprint density at radius 3 is 2.62 bits per heavy atom. The molecule has 2 amide bonds. The molecule has 24 heavy (non-hydrogen) atoms. The summed E-state index contributed by atoms with van der Waals surface area (Å²) >= 11 is 0. The molecule has 0 aliphatic rings. The minimum Gasteiger partial charge on any atom is -0.383 e. The summed E-state index contributed by atoms with van der Waals surface area (Å²) < 4.78 is 4.85. The molecule has 134 valence electrons. The summed E-state index contributed by atoms with van der Waals surface area (Å²) in [7, 11) is 1.48. The lowest BCUT2D eigenvalue weighted by atomic mass is 10.2. The highest BCUT2D eigenvalue weighted by atomic mass is 16.5. The predicted octanol–water partition coefficient (Wildman–Crippen LogP) is 0.670. The molecule has 1 unspecified atom stereocenters. The molecule has 0 aromatic heterocycles. The van der Waals surface area contributed by atoms with Crippen LogP contribution in [-0.2, 0) is 9.53 Å². The Balaban J connectivity index is 2.57. The van der Waals surface area contributed by atoms with Crippen LogP contribution in [0.2, 0.25) is 0 Å². The number of benzene rings is 1. The number of methoxy groups -OCH3 is 1. The fourth-order valence-electron chi connectivity index (χ4n) is 2.20. The lowest BCUT2D eigenvalue weighted by Gasteiger charge is -2.18. The van der Waals surface area contributed by atoms with Crippen molar-refractivity contribution >= 4 is 17.5 Å². The summed E-state index contributed by atoms with van der Waals surface area (Å²) in [6.45, 7) is 7.61. The summed E-state index contributed by atoms with van der Waals surface area (Å²) in [5.74, 6) is -0.518. The van der Waals surface area contributed by atoms with E-state index in [9.17, 15) is 9.59 Å². The lowest BCUT2D eigenvalue weighted by molar-refractivity contribution is -0.118. The molecule has 4 N–H and O–H groups in total. The summed E-state index contributed by atoms with van der Waals surface area (Å²) in [5, 5.41) is 5.57. The average molecular weight is 336 g/mol. The van der Waals surface area contributed by atoms with Gasteiger partial charge >= 0.3 is 0 Å². The number of anilines is 1. The van der Waals surface area contributed by atoms with Crippen LogP contribution >= 0.6 is 0 Å². The van der Waals surface area contributed by atoms with Gasteiger partial charge in [-0.25, -0.2) is 0 Å². The summed E-state index contributed by atoms with van der Waals surface area (Å²) in [4.78, 5) is 26.3. The minimum atomic E-state index is -0.749. The zero-order valence-corrected chi connectivity index (χ0v) is 14.7. The van der Waals surface area contributed by atoms with Crippen molar-refractivity contribution in [2.45, 2.75) is 19.9 Å². The number of carbonyl (C=O) groups excluding carboxylic acids is 2. The number of nitrogens with one attached hydrogen (secondary N) is 2. The van der Waals surface area contributed by atoms with Crippen LogP contribution in [0.1, 0.15) is 24.2 Å². The number of hydrogen-bond donors (Lipinski definition) is 3. The van der Waals surface area contributed by atoms with Crippen molar-refractivity contribution in [1.82, 2.24) is 10.2 Å². The molecule has 0 aliphatic heterocycles. The second-order valence-electron chi connectivity index (χ2n) is 5.41. The maximum absolute atomic E-state index is 12.2. The van der Waals surface area contributed by atoms with Gasteiger partial charge in [-0.2, -0.15) is 0 Å². The van der Waals surface area contributed by atoms with Crippen LogP contribution in [0.25, 0.3) is 0 Å². The smallest absolute Gasteiger partial charge is 0.251 e. The van der Waals surface area contributed by atoms with E-state index in [2.05, 4.69) is 29.4 Å². The quantitative estimate of drug-likeness (QED) is 0.583. The van der Waals surface area contributed by atoms with Crippen molar-refractivity contribution in [2.24, 2.45) is 5.73 Å². The molecule has 7 heteroatoms. The summed E-state index contributed by atoms with van der Waals surface area (Å²) in [5.41, 5.74) is 6.70. The second-order valence-corrected chi connectivity index (χ2v) is 5.41. The first-order chi connectivity index (χ1) is 11.5. The molecule has 1 atom stereocenters. The Kier molecular flexibility index (Phi) is 8.99. The van der Waals surface area contributed by atoms with Crippen LogP contribution in [0, 0.1) is 0 Å². The summed E-state index contributed by atoms with van der Waals surface area (Å²) in [6, 6.07) is 6.02. The molecule has 1 aromatic carbocycles. The Labute approximate surface area is 143 Å². The van der Waals surface area contributed by atoms with Gasteiger partial charge in [0.1, 0.15) is 6.04 Å². The molecule has 0 saturated carbocycles. The number of hydrogen-bond acceptors (Lipinski definition) is 5. The van der Waals surface area contributed by atoms with Gasteiger partial charge in [0.15, 0.2) is 0 Å². The Morgan fingerprint density at radius 2 is 2.00 bits per heavy atom. The van der Waals surface area contributed by atoms with Gasteiger partial charge in [0.25, 0.3) is 5.91 Å². The third-order valence-corrected chi connectivity index (χ3v) is 3.68. The first-order valence-corrected chi connectivity index (χ1v) is 8.17. The number of likely N-dealkylation sites (N-methyl/N-ethyl adjacent to an activating group) is 1. The number of nitrogens with two attached hydrogens (primary N) is 1. The Hall–Kier alpha value is -1.96. The van der Waals surface area contributed by atoms with E-state index in [0.717, 1.165) is 19.6 Å². The van der Waals surface area contributed by atoms with Gasteiger partial charge in [0.05, 0.1) is 6.61 Å². The van der Waals surface area contributed by atoms with Crippen LogP contribution in [0.15, 0.2) is 24.3 Å². The first kappa shape index (κ1) is 20.1. The van der Waals surface area contributed by atoms with Gasteiger partial charge in [-0.05, 0) is 31.3 Å². The normalized spacial score (nSPS) is 12.0. The largest absolute Gasteiger partial charge is 0.383 e. The van der Waals surface area contributed by atoms with Crippen molar-refractivity contribution < 1.29 is 14.3 Å². The molecule has 1 aromatic rings. The molecule has 0 heterocycles. The molecule has 0 spiro atoms. The number of ether oxygens (including phenoxy) is 1. The van der Waals surface area contributed by atoms with Crippen molar-refractivity contribution in [3.8, 4) is 0 Å². The Bertz CT molecular complexity index is 532. The van der Waals surface area contributed by atoms with E-state index in [0.29, 0.717) is 17.8 Å². The van der Waals surface area contributed by atoms with Gasteiger partial charge in [-0.3, -0.25) is 9.59 Å². The highest BCUT2D eigenvalue weighted by Crippen LogP contribution is 2.11. The summed E-state index contributed by atoms with van der Waals surface area (Å²) in [6.07, 6.45) is 0. The van der Waals surface area contributed by atoms with Crippen LogP contribution in [0.5, 0.6) is 0 Å². The third kappa shape index (κ3) is 6.66. The highest BCUT2D eigenvalue weighted by Gasteiger charge is 2.14. The second kappa shape index (κ2) is 10.7. The molecule has 0 saturated heterocycles. The van der Waals surface area contributed by atoms with E-state index in [1.807, 2.05) is 0 Å². The van der Waals surface area contributed by atoms with Crippen molar-refractivity contribution in [3.63, 3.8) is 0 Å². The van der Waals surface area contributed by atoms with Crippen molar-refractivity contribution in [3.05, 3.63) is 29.8 Å². The van der Waals surface area contributed by atoms with E-state index in [1.54, 1.807) is 24.3 Å².